The first-order valence-electron chi connectivity index (χ1n) is 8.95. The largest absolute Gasteiger partial charge is 0.478 e. The second-order valence-electron chi connectivity index (χ2n) is 8.24. The molecule has 4 atom stereocenters. The fourth-order valence-corrected chi connectivity index (χ4v) is 5.19. The maximum absolute atomic E-state index is 11.8. The molecule has 0 aliphatic heterocycles. The number of allylic oxidation sites excluding steroid dienone is 2. The minimum atomic E-state index is -0.895. The van der Waals surface area contributed by atoms with E-state index in [1.165, 1.54) is 6.08 Å². The molecule has 0 bridgehead atoms. The summed E-state index contributed by atoms with van der Waals surface area (Å²) in [5.74, 6) is -0.821. The molecular formula is C20H30O4. The Kier molecular flexibility index (Phi) is 5.26. The van der Waals surface area contributed by atoms with E-state index in [2.05, 4.69) is 20.8 Å². The molecule has 1 fully saturated rings. The predicted molar refractivity (Wildman–Crippen MR) is 93.7 cm³/mol. The van der Waals surface area contributed by atoms with Gasteiger partial charge in [0.05, 0.1) is 0 Å². The van der Waals surface area contributed by atoms with Gasteiger partial charge in [-0.1, -0.05) is 32.4 Å². The standard InChI is InChI=1S/C20H30O4/c1-13(12-17(21)22)8-10-19(3)14(2)9-11-20(4)15(18(23)24)6-5-7-16(19)20/h6,12,14,16H,5,7-11H2,1-4H3,(H,21,22)(H,23,24)/b13-12+/t14-,16-,19+,20+/m1/s1. The van der Waals surface area contributed by atoms with E-state index in [-0.39, 0.29) is 10.8 Å². The molecule has 0 radical (unpaired) electrons. The zero-order valence-corrected chi connectivity index (χ0v) is 15.3. The van der Waals surface area contributed by atoms with E-state index in [4.69, 9.17) is 5.11 Å². The van der Waals surface area contributed by atoms with Gasteiger partial charge in [-0.05, 0) is 62.7 Å². The molecule has 134 valence electrons. The lowest BCUT2D eigenvalue weighted by molar-refractivity contribution is -0.137. The van der Waals surface area contributed by atoms with Crippen molar-refractivity contribution in [2.24, 2.45) is 22.7 Å². The molecule has 0 aromatic rings. The normalized spacial score (nSPS) is 36.7. The van der Waals surface area contributed by atoms with E-state index in [9.17, 15) is 14.7 Å². The van der Waals surface area contributed by atoms with Gasteiger partial charge >= 0.3 is 11.9 Å². The van der Waals surface area contributed by atoms with Crippen LogP contribution in [0.3, 0.4) is 0 Å². The van der Waals surface area contributed by atoms with Crippen molar-refractivity contribution in [3.63, 3.8) is 0 Å². The zero-order valence-electron chi connectivity index (χ0n) is 15.3. The summed E-state index contributed by atoms with van der Waals surface area (Å²) in [6.45, 7) is 8.56. The molecule has 2 N–H and O–H groups in total. The molecule has 0 aromatic carbocycles. The Bertz CT molecular complexity index is 588. The van der Waals surface area contributed by atoms with Crippen LogP contribution in [0.4, 0.5) is 0 Å². The minimum Gasteiger partial charge on any atom is -0.478 e. The van der Waals surface area contributed by atoms with E-state index in [0.717, 1.165) is 44.1 Å². The topological polar surface area (TPSA) is 74.6 Å². The van der Waals surface area contributed by atoms with Crippen molar-refractivity contribution in [1.29, 1.82) is 0 Å². The van der Waals surface area contributed by atoms with E-state index in [0.29, 0.717) is 17.4 Å². The van der Waals surface area contributed by atoms with Crippen LogP contribution in [0.25, 0.3) is 0 Å². The molecule has 0 heterocycles. The second kappa shape index (κ2) is 6.73. The van der Waals surface area contributed by atoms with Gasteiger partial charge in [-0.3, -0.25) is 0 Å². The molecular weight excluding hydrogens is 304 g/mol. The number of rotatable bonds is 5. The fourth-order valence-electron chi connectivity index (χ4n) is 5.19. The molecule has 0 aromatic heterocycles. The molecule has 2 rings (SSSR count). The quantitative estimate of drug-likeness (QED) is 0.717. The molecule has 4 heteroatoms. The highest BCUT2D eigenvalue weighted by Crippen LogP contribution is 2.62. The van der Waals surface area contributed by atoms with E-state index >= 15 is 0 Å². The Morgan fingerprint density at radius 3 is 2.54 bits per heavy atom. The van der Waals surface area contributed by atoms with Crippen LogP contribution in [0.5, 0.6) is 0 Å². The summed E-state index contributed by atoms with van der Waals surface area (Å²) in [6.07, 6.45) is 8.68. The Hall–Kier alpha value is -1.58. The summed E-state index contributed by atoms with van der Waals surface area (Å²) in [7, 11) is 0. The Labute approximate surface area is 144 Å². The van der Waals surface area contributed by atoms with E-state index in [1.54, 1.807) is 0 Å². The Balaban J connectivity index is 2.29. The van der Waals surface area contributed by atoms with Gasteiger partial charge < -0.3 is 10.2 Å². The molecule has 4 nitrogen and oxygen atoms in total. The highest BCUT2D eigenvalue weighted by Gasteiger charge is 2.55. The summed E-state index contributed by atoms with van der Waals surface area (Å²) in [4.78, 5) is 22.6. The number of fused-ring (bicyclic) bond motifs is 1. The van der Waals surface area contributed by atoms with Gasteiger partial charge in [0.15, 0.2) is 0 Å². The third-order valence-corrected chi connectivity index (χ3v) is 6.86. The second-order valence-corrected chi connectivity index (χ2v) is 8.24. The lowest BCUT2D eigenvalue weighted by atomic mass is 9.46. The minimum absolute atomic E-state index is 0.0373. The number of hydrogen-bond donors (Lipinski definition) is 2. The summed E-state index contributed by atoms with van der Waals surface area (Å²) in [5, 5.41) is 18.6. The highest BCUT2D eigenvalue weighted by atomic mass is 16.4. The van der Waals surface area contributed by atoms with E-state index in [1.807, 2.05) is 13.0 Å². The third kappa shape index (κ3) is 3.28. The Morgan fingerprint density at radius 1 is 1.29 bits per heavy atom. The smallest absolute Gasteiger partial charge is 0.331 e. The third-order valence-electron chi connectivity index (χ3n) is 6.86. The molecule has 1 saturated carbocycles. The van der Waals surface area contributed by atoms with Crippen LogP contribution in [0.15, 0.2) is 23.3 Å². The van der Waals surface area contributed by atoms with Crippen LogP contribution in [-0.2, 0) is 9.59 Å². The SMILES string of the molecule is C/C(=C\C(=O)O)CC[C@@]1(C)[C@H](C)CC[C@@]2(C)C(C(=O)O)=CCC[C@H]12. The van der Waals surface area contributed by atoms with Gasteiger partial charge in [-0.2, -0.15) is 0 Å². The summed E-state index contributed by atoms with van der Waals surface area (Å²) in [5.41, 5.74) is 1.24. The fraction of sp³-hybridized carbons (Fsp3) is 0.700. The van der Waals surface area contributed by atoms with Crippen LogP contribution in [0, 0.1) is 22.7 Å². The molecule has 2 aliphatic carbocycles. The van der Waals surface area contributed by atoms with Gasteiger partial charge in [-0.15, -0.1) is 0 Å². The van der Waals surface area contributed by atoms with Gasteiger partial charge in [0.2, 0.25) is 0 Å². The predicted octanol–water partition coefficient (Wildman–Crippen LogP) is 4.66. The van der Waals surface area contributed by atoms with Crippen LogP contribution >= 0.6 is 0 Å². The van der Waals surface area contributed by atoms with Crippen molar-refractivity contribution in [2.45, 2.75) is 66.2 Å². The number of carboxylic acid groups (broad SMARTS) is 2. The number of aliphatic carboxylic acids is 2. The lowest BCUT2D eigenvalue weighted by Crippen LogP contribution is -2.51. The van der Waals surface area contributed by atoms with Crippen molar-refractivity contribution in [3.05, 3.63) is 23.3 Å². The van der Waals surface area contributed by atoms with Gasteiger partial charge in [0.1, 0.15) is 0 Å². The van der Waals surface area contributed by atoms with Crippen LogP contribution in [-0.4, -0.2) is 22.2 Å². The van der Waals surface area contributed by atoms with Crippen LogP contribution in [0.1, 0.15) is 66.2 Å². The van der Waals surface area contributed by atoms with Gasteiger partial charge in [-0.25, -0.2) is 9.59 Å². The average Bonchev–Trinajstić information content (AvgIpc) is 2.48. The maximum atomic E-state index is 11.8. The number of carbonyl (C=O) groups is 2. The summed E-state index contributed by atoms with van der Waals surface area (Å²) < 4.78 is 0. The zero-order chi connectivity index (χ0) is 18.1. The van der Waals surface area contributed by atoms with Crippen molar-refractivity contribution >= 4 is 11.9 Å². The Morgan fingerprint density at radius 2 is 1.96 bits per heavy atom. The van der Waals surface area contributed by atoms with Crippen molar-refractivity contribution in [2.75, 3.05) is 0 Å². The summed E-state index contributed by atoms with van der Waals surface area (Å²) in [6, 6.07) is 0. The first kappa shape index (κ1) is 18.8. The monoisotopic (exact) mass is 334 g/mol. The van der Waals surface area contributed by atoms with Gasteiger partial charge in [0, 0.05) is 17.1 Å². The molecule has 0 saturated heterocycles. The molecule has 0 spiro atoms. The first-order valence-corrected chi connectivity index (χ1v) is 8.95. The lowest BCUT2D eigenvalue weighted by Gasteiger charge is -2.57. The van der Waals surface area contributed by atoms with Gasteiger partial charge in [0.25, 0.3) is 0 Å². The van der Waals surface area contributed by atoms with Crippen LogP contribution < -0.4 is 0 Å². The number of hydrogen-bond acceptors (Lipinski definition) is 2. The average molecular weight is 334 g/mol. The van der Waals surface area contributed by atoms with Crippen molar-refractivity contribution in [3.8, 4) is 0 Å². The van der Waals surface area contributed by atoms with E-state index < -0.39 is 11.9 Å². The molecule has 0 unspecified atom stereocenters. The summed E-state index contributed by atoms with van der Waals surface area (Å²) >= 11 is 0. The van der Waals surface area contributed by atoms with Crippen LogP contribution in [0.2, 0.25) is 0 Å². The number of carboxylic acids is 2. The first-order chi connectivity index (χ1) is 11.1. The molecule has 24 heavy (non-hydrogen) atoms. The molecule has 0 amide bonds. The van der Waals surface area contributed by atoms with Crippen molar-refractivity contribution < 1.29 is 19.8 Å². The molecule has 2 aliphatic rings. The van der Waals surface area contributed by atoms with Crippen molar-refractivity contribution in [1.82, 2.24) is 0 Å². The highest BCUT2D eigenvalue weighted by molar-refractivity contribution is 5.88. The maximum Gasteiger partial charge on any atom is 0.331 e.